The monoisotopic (exact) mass is 239 g/mol. The average Bonchev–Trinajstić information content (AvgIpc) is 2.07. The average molecular weight is 240 g/mol. The Balaban J connectivity index is 0. The first-order valence-corrected chi connectivity index (χ1v) is 4.44. The van der Waals surface area contributed by atoms with E-state index in [9.17, 15) is 0 Å². The van der Waals surface area contributed by atoms with Crippen LogP contribution in [0.5, 0.6) is 0 Å². The van der Waals surface area contributed by atoms with E-state index in [1.54, 1.807) is 9.45 Å². The van der Waals surface area contributed by atoms with Crippen molar-refractivity contribution in [3.63, 3.8) is 0 Å². The molecule has 0 fully saturated rings. The van der Waals surface area contributed by atoms with Crippen molar-refractivity contribution < 1.29 is 45.2 Å². The molecule has 0 bridgehead atoms. The summed E-state index contributed by atoms with van der Waals surface area (Å²) in [6.45, 7) is 8.96. The fourth-order valence-electron chi connectivity index (χ4n) is 1.36. The summed E-state index contributed by atoms with van der Waals surface area (Å²) in [5, 5.41) is 0. The topological polar surface area (TPSA) is 0 Å². The van der Waals surface area contributed by atoms with Crippen molar-refractivity contribution in [1.29, 1.82) is 0 Å². The Bertz CT molecular complexity index is 205. The molecule has 0 nitrogen and oxygen atoms in total. The van der Waals surface area contributed by atoms with Crippen molar-refractivity contribution in [3.05, 3.63) is 20.6 Å². The first-order chi connectivity index (χ1) is 4.55. The molecule has 0 saturated heterocycles. The fraction of sp³-hybridized carbons (Fsp3) is 0.556. The number of rotatable bonds is 0. The van der Waals surface area contributed by atoms with Gasteiger partial charge in [0.15, 0.2) is 0 Å². The molecule has 1 atom stereocenters. The predicted molar refractivity (Wildman–Crippen MR) is 40.2 cm³/mol. The van der Waals surface area contributed by atoms with Crippen molar-refractivity contribution in [2.45, 2.75) is 27.7 Å². The molecule has 0 N–H and O–H groups in total. The van der Waals surface area contributed by atoms with Gasteiger partial charge >= 0.3 is 74.6 Å². The van der Waals surface area contributed by atoms with Crippen molar-refractivity contribution in [3.8, 4) is 0 Å². The third-order valence-electron chi connectivity index (χ3n) is 2.64. The van der Waals surface area contributed by atoms with Crippen LogP contribution in [0.2, 0.25) is 0 Å². The Morgan fingerprint density at radius 1 is 1.00 bits per heavy atom. The van der Waals surface area contributed by atoms with Crippen LogP contribution in [0.1, 0.15) is 27.7 Å². The third-order valence-corrected chi connectivity index (χ3v) is 3.90. The van der Waals surface area contributed by atoms with Crippen LogP contribution in [-0.4, -0.2) is 0 Å². The molecule has 0 radical (unpaired) electrons. The van der Waals surface area contributed by atoms with Gasteiger partial charge in [0.25, 0.3) is 0 Å². The van der Waals surface area contributed by atoms with Crippen LogP contribution in [0.3, 0.4) is 0 Å². The van der Waals surface area contributed by atoms with Gasteiger partial charge in [-0.05, 0) is 0 Å². The molecule has 1 unspecified atom stereocenters. The largest absolute Gasteiger partial charge is 1.00 e. The SMILES string of the molecule is CC1=C(C)C(C)[C]([Ti+2])=C1C.[Cl-].[Cl-]. The summed E-state index contributed by atoms with van der Waals surface area (Å²) in [6.07, 6.45) is 0. The van der Waals surface area contributed by atoms with Gasteiger partial charge < -0.3 is 24.8 Å². The van der Waals surface area contributed by atoms with Gasteiger partial charge in [-0.2, -0.15) is 0 Å². The van der Waals surface area contributed by atoms with Crippen LogP contribution in [-0.2, 0) is 20.4 Å². The Hall–Kier alpha value is 0.774. The predicted octanol–water partition coefficient (Wildman–Crippen LogP) is -3.20. The Labute approximate surface area is 99.1 Å². The van der Waals surface area contributed by atoms with E-state index in [-0.39, 0.29) is 24.8 Å². The van der Waals surface area contributed by atoms with Gasteiger partial charge in [-0.25, -0.2) is 0 Å². The van der Waals surface area contributed by atoms with E-state index in [4.69, 9.17) is 0 Å². The van der Waals surface area contributed by atoms with E-state index in [0.717, 1.165) is 0 Å². The first-order valence-electron chi connectivity index (χ1n) is 3.65. The number of hydrogen-bond donors (Lipinski definition) is 0. The van der Waals surface area contributed by atoms with Crippen molar-refractivity contribution in [2.75, 3.05) is 0 Å². The molecule has 0 aromatic heterocycles. The quantitative estimate of drug-likeness (QED) is 0.391. The summed E-state index contributed by atoms with van der Waals surface area (Å²) in [7, 11) is 0. The second-order valence-corrected chi connectivity index (χ2v) is 3.91. The molecule has 1 rings (SSSR count). The molecule has 12 heavy (non-hydrogen) atoms. The minimum Gasteiger partial charge on any atom is -1.00 e. The molecule has 0 saturated carbocycles. The number of halogens is 2. The molecule has 1 aliphatic rings. The molecule has 0 aromatic carbocycles. The second-order valence-electron chi connectivity index (χ2n) is 3.07. The molecule has 0 spiro atoms. The van der Waals surface area contributed by atoms with Gasteiger partial charge in [0.1, 0.15) is 0 Å². The van der Waals surface area contributed by atoms with Gasteiger partial charge in [-0.1, -0.05) is 0 Å². The first kappa shape index (κ1) is 15.3. The zero-order valence-electron chi connectivity index (χ0n) is 7.83. The maximum Gasteiger partial charge on any atom is -1.00 e. The number of allylic oxidation sites excluding steroid dienone is 4. The van der Waals surface area contributed by atoms with Crippen LogP contribution in [0.25, 0.3) is 0 Å². The molecular formula is C9H13Cl2Ti. The summed E-state index contributed by atoms with van der Waals surface area (Å²) in [6, 6.07) is 0. The van der Waals surface area contributed by atoms with Gasteiger partial charge in [0.2, 0.25) is 0 Å². The molecule has 0 heterocycles. The van der Waals surface area contributed by atoms with Gasteiger partial charge in [-0.3, -0.25) is 0 Å². The zero-order valence-corrected chi connectivity index (χ0v) is 10.9. The van der Waals surface area contributed by atoms with Gasteiger partial charge in [0.05, 0.1) is 0 Å². The molecule has 0 aromatic rings. The Kier molecular flexibility index (Phi) is 6.98. The van der Waals surface area contributed by atoms with Crippen molar-refractivity contribution in [1.82, 2.24) is 0 Å². The zero-order chi connectivity index (χ0) is 7.89. The van der Waals surface area contributed by atoms with Crippen LogP contribution in [0.4, 0.5) is 0 Å². The molecule has 0 aliphatic heterocycles. The van der Waals surface area contributed by atoms with Crippen molar-refractivity contribution in [2.24, 2.45) is 5.92 Å². The van der Waals surface area contributed by atoms with E-state index >= 15 is 0 Å². The standard InChI is InChI=1S/C9H13.2ClH.Ti/c1-6-5-7(2)9(4)8(6)3;;;/h6H,1-4H3;2*1H;/q;;;+2/p-2. The maximum absolute atomic E-state index is 2.28. The summed E-state index contributed by atoms with van der Waals surface area (Å²) in [5.74, 6) is 0.694. The summed E-state index contributed by atoms with van der Waals surface area (Å²) in [4.78, 5) is 0. The fourth-order valence-corrected chi connectivity index (χ4v) is 1.99. The van der Waals surface area contributed by atoms with Gasteiger partial charge in [-0.15, -0.1) is 0 Å². The Morgan fingerprint density at radius 3 is 1.50 bits per heavy atom. The van der Waals surface area contributed by atoms with Crippen LogP contribution < -0.4 is 24.8 Å². The normalized spacial score (nSPS) is 22.3. The summed E-state index contributed by atoms with van der Waals surface area (Å²) >= 11 is 2.24. The summed E-state index contributed by atoms with van der Waals surface area (Å²) < 4.78 is 1.55. The molecule has 3 heteroatoms. The van der Waals surface area contributed by atoms with E-state index < -0.39 is 0 Å². The van der Waals surface area contributed by atoms with Crippen LogP contribution in [0.15, 0.2) is 20.6 Å². The third kappa shape index (κ3) is 2.39. The summed E-state index contributed by atoms with van der Waals surface area (Å²) in [5.41, 5.74) is 4.56. The van der Waals surface area contributed by atoms with E-state index in [1.807, 2.05) is 0 Å². The molecule has 67 valence electrons. The maximum atomic E-state index is 2.28. The second kappa shape index (κ2) is 5.49. The van der Waals surface area contributed by atoms with Crippen LogP contribution in [0, 0.1) is 5.92 Å². The Morgan fingerprint density at radius 2 is 1.42 bits per heavy atom. The van der Waals surface area contributed by atoms with Gasteiger partial charge in [0, 0.05) is 0 Å². The van der Waals surface area contributed by atoms with E-state index in [1.165, 1.54) is 11.1 Å². The minimum atomic E-state index is 0. The minimum absolute atomic E-state index is 0. The van der Waals surface area contributed by atoms with Crippen LogP contribution >= 0.6 is 0 Å². The van der Waals surface area contributed by atoms with Crippen molar-refractivity contribution >= 4 is 0 Å². The molecule has 1 aliphatic carbocycles. The molecular weight excluding hydrogens is 227 g/mol. The van der Waals surface area contributed by atoms with E-state index in [0.29, 0.717) is 5.92 Å². The molecule has 0 amide bonds. The van der Waals surface area contributed by atoms with E-state index in [2.05, 4.69) is 48.1 Å². The number of hydrogen-bond acceptors (Lipinski definition) is 0. The smallest absolute Gasteiger partial charge is 1.00 e.